The Morgan fingerprint density at radius 1 is 1.12 bits per heavy atom. The van der Waals surface area contributed by atoms with Crippen molar-refractivity contribution < 1.29 is 9.15 Å². The maximum absolute atomic E-state index is 12.5. The molecule has 3 nitrogen and oxygen atoms in total. The van der Waals surface area contributed by atoms with Crippen LogP contribution < -0.4 is 10.4 Å². The minimum absolute atomic E-state index is 0.282. The van der Waals surface area contributed by atoms with Gasteiger partial charge in [0.15, 0.2) is 0 Å². The topological polar surface area (TPSA) is 39.4 Å². The molecule has 25 heavy (non-hydrogen) atoms. The second kappa shape index (κ2) is 7.39. The smallest absolute Gasteiger partial charge is 0.340 e. The number of benzene rings is 2. The van der Waals surface area contributed by atoms with Crippen LogP contribution >= 0.6 is 0 Å². The molecule has 1 heterocycles. The minimum atomic E-state index is -0.282. The Hall–Kier alpha value is -2.81. The van der Waals surface area contributed by atoms with E-state index in [2.05, 4.69) is 0 Å². The van der Waals surface area contributed by atoms with Crippen molar-refractivity contribution >= 4 is 11.0 Å². The van der Waals surface area contributed by atoms with E-state index in [4.69, 9.17) is 9.15 Å². The van der Waals surface area contributed by atoms with Gasteiger partial charge in [0.25, 0.3) is 0 Å². The average Bonchev–Trinajstić information content (AvgIpc) is 2.59. The fraction of sp³-hybridized carbons (Fsp3) is 0.227. The molecule has 2 aromatic carbocycles. The molecule has 0 fully saturated rings. The van der Waals surface area contributed by atoms with Crippen LogP contribution in [0.4, 0.5) is 0 Å². The Morgan fingerprint density at radius 3 is 2.60 bits per heavy atom. The van der Waals surface area contributed by atoms with Crippen LogP contribution in [0, 0.1) is 6.92 Å². The lowest BCUT2D eigenvalue weighted by molar-refractivity contribution is 0.361. The van der Waals surface area contributed by atoms with Crippen LogP contribution in [0.1, 0.15) is 30.5 Å². The number of hydrogen-bond donors (Lipinski definition) is 0. The van der Waals surface area contributed by atoms with Gasteiger partial charge in [-0.3, -0.25) is 0 Å². The van der Waals surface area contributed by atoms with Crippen molar-refractivity contribution in [2.24, 2.45) is 0 Å². The third-order valence-corrected chi connectivity index (χ3v) is 4.22. The van der Waals surface area contributed by atoms with Crippen LogP contribution in [-0.4, -0.2) is 6.61 Å². The van der Waals surface area contributed by atoms with E-state index in [0.29, 0.717) is 29.9 Å². The molecular formula is C22H22O3. The van der Waals surface area contributed by atoms with E-state index in [9.17, 15) is 4.79 Å². The number of allylic oxidation sites excluding steroid dienone is 1. The van der Waals surface area contributed by atoms with Crippen LogP contribution in [0.3, 0.4) is 0 Å². The van der Waals surface area contributed by atoms with Gasteiger partial charge in [0.1, 0.15) is 17.9 Å². The van der Waals surface area contributed by atoms with Gasteiger partial charge in [0, 0.05) is 23.4 Å². The van der Waals surface area contributed by atoms with Crippen molar-refractivity contribution in [3.05, 3.63) is 87.3 Å². The van der Waals surface area contributed by atoms with E-state index in [1.165, 1.54) is 5.57 Å². The van der Waals surface area contributed by atoms with Crippen LogP contribution in [0.2, 0.25) is 0 Å². The summed E-state index contributed by atoms with van der Waals surface area (Å²) in [6.45, 7) is 6.53. The fourth-order valence-electron chi connectivity index (χ4n) is 2.77. The molecule has 1 aromatic heterocycles. The van der Waals surface area contributed by atoms with Crippen molar-refractivity contribution in [2.45, 2.75) is 27.2 Å². The normalized spacial score (nSPS) is 10.7. The number of aryl methyl sites for hydroxylation is 1. The zero-order valence-corrected chi connectivity index (χ0v) is 14.8. The van der Waals surface area contributed by atoms with Crippen LogP contribution in [0.5, 0.6) is 5.75 Å². The first-order valence-electron chi connectivity index (χ1n) is 8.41. The van der Waals surface area contributed by atoms with Gasteiger partial charge in [-0.05, 0) is 50.1 Å². The standard InChI is InChI=1S/C22H22O3/c1-15(2)11-12-24-18-9-10-19-16(3)20(22(23)25-21(19)14-18)13-17-7-5-4-6-8-17/h4-11,14H,12-13H2,1-3H3. The molecule has 0 aliphatic heterocycles. The van der Waals surface area contributed by atoms with Crippen molar-refractivity contribution in [1.29, 1.82) is 0 Å². The Labute approximate surface area is 147 Å². The molecule has 0 spiro atoms. The third-order valence-electron chi connectivity index (χ3n) is 4.22. The summed E-state index contributed by atoms with van der Waals surface area (Å²) in [6, 6.07) is 15.6. The van der Waals surface area contributed by atoms with Gasteiger partial charge in [-0.1, -0.05) is 35.9 Å². The van der Waals surface area contributed by atoms with Crippen molar-refractivity contribution in [1.82, 2.24) is 0 Å². The molecule has 3 aromatic rings. The minimum Gasteiger partial charge on any atom is -0.489 e. The van der Waals surface area contributed by atoms with Gasteiger partial charge in [0.2, 0.25) is 0 Å². The van der Waals surface area contributed by atoms with Gasteiger partial charge < -0.3 is 9.15 Å². The highest BCUT2D eigenvalue weighted by Gasteiger charge is 2.12. The predicted octanol–water partition coefficient (Wildman–Crippen LogP) is 5.04. The maximum Gasteiger partial charge on any atom is 0.340 e. The Balaban J connectivity index is 1.94. The molecule has 0 radical (unpaired) electrons. The van der Waals surface area contributed by atoms with E-state index >= 15 is 0 Å². The quantitative estimate of drug-likeness (QED) is 0.485. The van der Waals surface area contributed by atoms with Gasteiger partial charge in [-0.2, -0.15) is 0 Å². The molecule has 0 saturated carbocycles. The summed E-state index contributed by atoms with van der Waals surface area (Å²) < 4.78 is 11.3. The molecule has 3 heteroatoms. The van der Waals surface area contributed by atoms with E-state index in [0.717, 1.165) is 16.5 Å². The molecule has 0 saturated heterocycles. The lowest BCUT2D eigenvalue weighted by atomic mass is 10.00. The van der Waals surface area contributed by atoms with E-state index in [1.54, 1.807) is 6.07 Å². The second-order valence-electron chi connectivity index (χ2n) is 6.41. The Morgan fingerprint density at radius 2 is 1.88 bits per heavy atom. The lowest BCUT2D eigenvalue weighted by Crippen LogP contribution is -2.11. The van der Waals surface area contributed by atoms with Crippen molar-refractivity contribution in [3.63, 3.8) is 0 Å². The fourth-order valence-corrected chi connectivity index (χ4v) is 2.77. The summed E-state index contributed by atoms with van der Waals surface area (Å²) in [7, 11) is 0. The maximum atomic E-state index is 12.5. The van der Waals surface area contributed by atoms with E-state index in [-0.39, 0.29) is 5.63 Å². The van der Waals surface area contributed by atoms with E-state index < -0.39 is 0 Å². The zero-order valence-electron chi connectivity index (χ0n) is 14.8. The third kappa shape index (κ3) is 4.00. The number of hydrogen-bond acceptors (Lipinski definition) is 3. The summed E-state index contributed by atoms with van der Waals surface area (Å²) in [5.74, 6) is 0.698. The summed E-state index contributed by atoms with van der Waals surface area (Å²) in [4.78, 5) is 12.5. The van der Waals surface area contributed by atoms with Crippen molar-refractivity contribution in [3.8, 4) is 5.75 Å². The monoisotopic (exact) mass is 334 g/mol. The Bertz CT molecular complexity index is 962. The average molecular weight is 334 g/mol. The first-order valence-corrected chi connectivity index (χ1v) is 8.41. The number of ether oxygens (including phenoxy) is 1. The summed E-state index contributed by atoms with van der Waals surface area (Å²) in [5.41, 5.74) is 4.25. The van der Waals surface area contributed by atoms with Gasteiger partial charge in [0.05, 0.1) is 0 Å². The molecule has 128 valence electrons. The zero-order chi connectivity index (χ0) is 17.8. The SMILES string of the molecule is CC(C)=CCOc1ccc2c(C)c(Cc3ccccc3)c(=O)oc2c1. The summed E-state index contributed by atoms with van der Waals surface area (Å²) in [6.07, 6.45) is 2.58. The molecule has 0 atom stereocenters. The number of fused-ring (bicyclic) bond motifs is 1. The molecular weight excluding hydrogens is 312 g/mol. The van der Waals surface area contributed by atoms with Crippen molar-refractivity contribution in [2.75, 3.05) is 6.61 Å². The second-order valence-corrected chi connectivity index (χ2v) is 6.41. The Kier molecular flexibility index (Phi) is 5.03. The van der Waals surface area contributed by atoms with Crippen LogP contribution in [-0.2, 0) is 6.42 Å². The molecule has 0 unspecified atom stereocenters. The highest BCUT2D eigenvalue weighted by Crippen LogP contribution is 2.25. The van der Waals surface area contributed by atoms with Gasteiger partial charge in [-0.15, -0.1) is 0 Å². The predicted molar refractivity (Wildman–Crippen MR) is 101 cm³/mol. The van der Waals surface area contributed by atoms with Gasteiger partial charge in [-0.25, -0.2) is 4.79 Å². The van der Waals surface area contributed by atoms with Gasteiger partial charge >= 0.3 is 5.63 Å². The number of rotatable bonds is 5. The van der Waals surface area contributed by atoms with E-state index in [1.807, 2.05) is 69.3 Å². The lowest BCUT2D eigenvalue weighted by Gasteiger charge is -2.10. The molecule has 0 N–H and O–H groups in total. The molecule has 0 amide bonds. The summed E-state index contributed by atoms with van der Waals surface area (Å²) in [5, 5.41) is 0.945. The largest absolute Gasteiger partial charge is 0.489 e. The molecule has 3 rings (SSSR count). The highest BCUT2D eigenvalue weighted by atomic mass is 16.5. The summed E-state index contributed by atoms with van der Waals surface area (Å²) >= 11 is 0. The molecule has 0 bridgehead atoms. The first-order chi connectivity index (χ1) is 12.0. The first kappa shape index (κ1) is 17.0. The molecule has 0 aliphatic carbocycles. The molecule has 0 aliphatic rings. The highest BCUT2D eigenvalue weighted by molar-refractivity contribution is 5.82. The van der Waals surface area contributed by atoms with Crippen LogP contribution in [0.25, 0.3) is 11.0 Å². The van der Waals surface area contributed by atoms with Crippen LogP contribution in [0.15, 0.2) is 69.4 Å².